The predicted molar refractivity (Wildman–Crippen MR) is 73.1 cm³/mol. The fourth-order valence-corrected chi connectivity index (χ4v) is 2.15. The van der Waals surface area contributed by atoms with Crippen molar-refractivity contribution in [2.24, 2.45) is 5.41 Å². The van der Waals surface area contributed by atoms with Gasteiger partial charge in [-0.2, -0.15) is 0 Å². The van der Waals surface area contributed by atoms with Crippen LogP contribution in [0.1, 0.15) is 29.6 Å². The Kier molecular flexibility index (Phi) is 3.95. The first kappa shape index (κ1) is 13.7. The fourth-order valence-electron chi connectivity index (χ4n) is 2.15. The number of nitrogens with two attached hydrogens (primary N) is 1. The van der Waals surface area contributed by atoms with Gasteiger partial charge in [-0.1, -0.05) is 0 Å². The number of hydrogen-bond acceptors (Lipinski definition) is 4. The molecule has 0 atom stereocenters. The van der Waals surface area contributed by atoms with Gasteiger partial charge < -0.3 is 20.9 Å². The molecule has 5 heteroatoms. The van der Waals surface area contributed by atoms with Gasteiger partial charge >= 0.3 is 0 Å². The van der Waals surface area contributed by atoms with Crippen LogP contribution >= 0.6 is 0 Å². The van der Waals surface area contributed by atoms with E-state index < -0.39 is 0 Å². The van der Waals surface area contributed by atoms with E-state index in [2.05, 4.69) is 5.32 Å². The van der Waals surface area contributed by atoms with E-state index in [4.69, 9.17) is 15.6 Å². The number of amides is 1. The van der Waals surface area contributed by atoms with Crippen LogP contribution in [-0.4, -0.2) is 31.3 Å². The summed E-state index contributed by atoms with van der Waals surface area (Å²) in [5.74, 6) is 0.413. The van der Waals surface area contributed by atoms with Gasteiger partial charge in [0.25, 0.3) is 5.91 Å². The van der Waals surface area contributed by atoms with Crippen molar-refractivity contribution < 1.29 is 14.6 Å². The van der Waals surface area contributed by atoms with E-state index in [1.54, 1.807) is 25.3 Å². The second-order valence-corrected chi connectivity index (χ2v) is 5.11. The Labute approximate surface area is 112 Å². The molecular weight excluding hydrogens is 244 g/mol. The molecule has 0 bridgehead atoms. The SMILES string of the molecule is COc1ccc(N)c(C(=O)NCC2(CCO)CC2)c1. The molecule has 4 N–H and O–H groups in total. The molecule has 104 valence electrons. The molecule has 19 heavy (non-hydrogen) atoms. The zero-order valence-electron chi connectivity index (χ0n) is 11.1. The molecule has 5 nitrogen and oxygen atoms in total. The number of benzene rings is 1. The average Bonchev–Trinajstić information content (AvgIpc) is 3.17. The molecule has 0 aromatic heterocycles. The fraction of sp³-hybridized carbons (Fsp3) is 0.500. The summed E-state index contributed by atoms with van der Waals surface area (Å²) in [4.78, 5) is 12.1. The second kappa shape index (κ2) is 5.48. The minimum Gasteiger partial charge on any atom is -0.497 e. The van der Waals surface area contributed by atoms with E-state index in [9.17, 15) is 4.79 Å². The number of nitrogens with one attached hydrogen (secondary N) is 1. The largest absolute Gasteiger partial charge is 0.497 e. The number of carbonyl (C=O) groups is 1. The lowest BCUT2D eigenvalue weighted by Crippen LogP contribution is -2.31. The van der Waals surface area contributed by atoms with Crippen molar-refractivity contribution in [3.63, 3.8) is 0 Å². The van der Waals surface area contributed by atoms with E-state index in [0.29, 0.717) is 23.5 Å². The van der Waals surface area contributed by atoms with Crippen LogP contribution in [0.15, 0.2) is 18.2 Å². The number of methoxy groups -OCH3 is 1. The zero-order chi connectivity index (χ0) is 13.9. The molecule has 0 heterocycles. The summed E-state index contributed by atoms with van der Waals surface area (Å²) in [6, 6.07) is 5.02. The maximum Gasteiger partial charge on any atom is 0.253 e. The van der Waals surface area contributed by atoms with Crippen molar-refractivity contribution in [3.05, 3.63) is 23.8 Å². The van der Waals surface area contributed by atoms with Gasteiger partial charge in [-0.05, 0) is 42.9 Å². The molecule has 0 spiro atoms. The summed E-state index contributed by atoms with van der Waals surface area (Å²) in [7, 11) is 1.55. The van der Waals surface area contributed by atoms with Crippen LogP contribution in [0.3, 0.4) is 0 Å². The molecule has 0 radical (unpaired) electrons. The molecule has 1 aliphatic carbocycles. The number of aliphatic hydroxyl groups is 1. The molecule has 0 aliphatic heterocycles. The second-order valence-electron chi connectivity index (χ2n) is 5.11. The third-order valence-corrected chi connectivity index (χ3v) is 3.73. The molecule has 1 saturated carbocycles. The Hall–Kier alpha value is -1.75. The van der Waals surface area contributed by atoms with Crippen molar-refractivity contribution >= 4 is 11.6 Å². The third kappa shape index (κ3) is 3.17. The molecule has 1 fully saturated rings. The Morgan fingerprint density at radius 2 is 2.26 bits per heavy atom. The summed E-state index contributed by atoms with van der Waals surface area (Å²) < 4.78 is 5.09. The number of aliphatic hydroxyl groups excluding tert-OH is 1. The van der Waals surface area contributed by atoms with Crippen LogP contribution in [0.5, 0.6) is 5.75 Å². The van der Waals surface area contributed by atoms with Crippen molar-refractivity contribution in [2.75, 3.05) is 26.0 Å². The summed E-state index contributed by atoms with van der Waals surface area (Å²) in [6.07, 6.45) is 2.85. The topological polar surface area (TPSA) is 84.6 Å². The average molecular weight is 264 g/mol. The molecule has 0 saturated heterocycles. The number of nitrogen functional groups attached to an aromatic ring is 1. The highest BCUT2D eigenvalue weighted by atomic mass is 16.5. The van der Waals surface area contributed by atoms with Crippen molar-refractivity contribution in [1.29, 1.82) is 0 Å². The van der Waals surface area contributed by atoms with Crippen LogP contribution in [0.25, 0.3) is 0 Å². The van der Waals surface area contributed by atoms with Gasteiger partial charge in [0.2, 0.25) is 0 Å². The van der Waals surface area contributed by atoms with E-state index in [1.165, 1.54) is 0 Å². The molecular formula is C14H20N2O3. The minimum atomic E-state index is -0.194. The summed E-state index contributed by atoms with van der Waals surface area (Å²) in [6.45, 7) is 0.750. The molecule has 1 amide bonds. The highest BCUT2D eigenvalue weighted by Gasteiger charge is 2.41. The first-order valence-electron chi connectivity index (χ1n) is 6.43. The number of rotatable bonds is 6. The lowest BCUT2D eigenvalue weighted by molar-refractivity contribution is 0.0941. The van der Waals surface area contributed by atoms with E-state index in [0.717, 1.165) is 19.3 Å². The highest BCUT2D eigenvalue weighted by Crippen LogP contribution is 2.47. The van der Waals surface area contributed by atoms with Gasteiger partial charge in [-0.25, -0.2) is 0 Å². The first-order chi connectivity index (χ1) is 9.10. The summed E-state index contributed by atoms with van der Waals surface area (Å²) in [5, 5.41) is 11.9. The Morgan fingerprint density at radius 3 is 2.84 bits per heavy atom. The molecule has 1 aliphatic rings. The summed E-state index contributed by atoms with van der Waals surface area (Å²) >= 11 is 0. The van der Waals surface area contributed by atoms with Gasteiger partial charge in [-0.3, -0.25) is 4.79 Å². The van der Waals surface area contributed by atoms with Crippen molar-refractivity contribution in [1.82, 2.24) is 5.32 Å². The van der Waals surface area contributed by atoms with Gasteiger partial charge in [0, 0.05) is 18.8 Å². The van der Waals surface area contributed by atoms with Crippen LogP contribution in [0.2, 0.25) is 0 Å². The minimum absolute atomic E-state index is 0.0953. The molecule has 2 rings (SSSR count). The number of anilines is 1. The maximum absolute atomic E-state index is 12.1. The Morgan fingerprint density at radius 1 is 1.53 bits per heavy atom. The zero-order valence-corrected chi connectivity index (χ0v) is 11.1. The van der Waals surface area contributed by atoms with E-state index >= 15 is 0 Å². The van der Waals surface area contributed by atoms with Gasteiger partial charge in [0.05, 0.1) is 12.7 Å². The standard InChI is InChI=1S/C14H20N2O3/c1-19-10-2-3-12(15)11(8-10)13(18)16-9-14(4-5-14)6-7-17/h2-3,8,17H,4-7,9,15H2,1H3,(H,16,18). The van der Waals surface area contributed by atoms with Crippen LogP contribution in [-0.2, 0) is 0 Å². The van der Waals surface area contributed by atoms with Crippen molar-refractivity contribution in [2.45, 2.75) is 19.3 Å². The number of carbonyl (C=O) groups excluding carboxylic acids is 1. The maximum atomic E-state index is 12.1. The van der Waals surface area contributed by atoms with Gasteiger partial charge in [0.15, 0.2) is 0 Å². The van der Waals surface area contributed by atoms with Crippen LogP contribution in [0.4, 0.5) is 5.69 Å². The monoisotopic (exact) mass is 264 g/mol. The van der Waals surface area contributed by atoms with Crippen LogP contribution in [0, 0.1) is 5.41 Å². The van der Waals surface area contributed by atoms with Crippen LogP contribution < -0.4 is 15.8 Å². The Bertz CT molecular complexity index is 470. The number of hydrogen-bond donors (Lipinski definition) is 3. The molecule has 0 unspecified atom stereocenters. The molecule has 1 aromatic rings. The molecule has 1 aromatic carbocycles. The predicted octanol–water partition coefficient (Wildman–Crippen LogP) is 1.17. The third-order valence-electron chi connectivity index (χ3n) is 3.73. The quantitative estimate of drug-likeness (QED) is 0.673. The number of ether oxygens (including phenoxy) is 1. The van der Waals surface area contributed by atoms with E-state index in [1.807, 2.05) is 0 Å². The smallest absolute Gasteiger partial charge is 0.253 e. The Balaban J connectivity index is 2.00. The van der Waals surface area contributed by atoms with Gasteiger partial charge in [0.1, 0.15) is 5.75 Å². The van der Waals surface area contributed by atoms with E-state index in [-0.39, 0.29) is 17.9 Å². The first-order valence-corrected chi connectivity index (χ1v) is 6.43. The normalized spacial score (nSPS) is 15.9. The lowest BCUT2D eigenvalue weighted by atomic mass is 10.0. The van der Waals surface area contributed by atoms with Gasteiger partial charge in [-0.15, -0.1) is 0 Å². The summed E-state index contributed by atoms with van der Waals surface area (Å²) in [5.41, 5.74) is 6.76. The highest BCUT2D eigenvalue weighted by molar-refractivity contribution is 5.99. The van der Waals surface area contributed by atoms with Crippen molar-refractivity contribution in [3.8, 4) is 5.75 Å². The lowest BCUT2D eigenvalue weighted by Gasteiger charge is -2.15.